The van der Waals surface area contributed by atoms with Crippen molar-refractivity contribution < 1.29 is 14.3 Å². The Labute approximate surface area is 169 Å². The minimum absolute atomic E-state index is 0.0169. The summed E-state index contributed by atoms with van der Waals surface area (Å²) in [5.74, 6) is 0.147. The standard InChI is InChI=1S/C21H24ClN3O3/c1-14(2)28-19-7-6-17(22)9-15(19)11-24-21(27)16-10-20(26)25(12-16)13-18-5-3-4-8-23-18/h3-9,14,16H,10-13H2,1-2H3,(H,24,27). The number of nitrogens with zero attached hydrogens (tertiary/aromatic N) is 2. The summed E-state index contributed by atoms with van der Waals surface area (Å²) in [5, 5.41) is 3.50. The smallest absolute Gasteiger partial charge is 0.225 e. The first kappa shape index (κ1) is 20.1. The number of rotatable bonds is 7. The molecule has 148 valence electrons. The SMILES string of the molecule is CC(C)Oc1ccc(Cl)cc1CNC(=O)C1CC(=O)N(Cc2ccccn2)C1. The van der Waals surface area contributed by atoms with Gasteiger partial charge in [-0.3, -0.25) is 14.6 Å². The highest BCUT2D eigenvalue weighted by Gasteiger charge is 2.34. The van der Waals surface area contributed by atoms with Crippen LogP contribution in [0.1, 0.15) is 31.5 Å². The molecule has 3 rings (SSSR count). The molecule has 0 aliphatic carbocycles. The molecule has 0 saturated carbocycles. The van der Waals surface area contributed by atoms with Gasteiger partial charge in [-0.25, -0.2) is 0 Å². The zero-order valence-corrected chi connectivity index (χ0v) is 16.8. The quantitative estimate of drug-likeness (QED) is 0.773. The first-order valence-electron chi connectivity index (χ1n) is 9.33. The minimum Gasteiger partial charge on any atom is -0.491 e. The Balaban J connectivity index is 1.58. The molecule has 1 aromatic heterocycles. The fraction of sp³-hybridized carbons (Fsp3) is 0.381. The molecule has 2 amide bonds. The Morgan fingerprint density at radius 2 is 2.18 bits per heavy atom. The molecule has 1 unspecified atom stereocenters. The number of nitrogens with one attached hydrogen (secondary N) is 1. The van der Waals surface area contributed by atoms with Crippen LogP contribution in [0.15, 0.2) is 42.6 Å². The number of amides is 2. The van der Waals surface area contributed by atoms with Gasteiger partial charge < -0.3 is 15.0 Å². The molecule has 0 spiro atoms. The van der Waals surface area contributed by atoms with Gasteiger partial charge in [-0.05, 0) is 44.2 Å². The lowest BCUT2D eigenvalue weighted by atomic mass is 10.1. The second-order valence-electron chi connectivity index (χ2n) is 7.13. The van der Waals surface area contributed by atoms with Crippen LogP contribution in [0.2, 0.25) is 5.02 Å². The number of hydrogen-bond acceptors (Lipinski definition) is 4. The van der Waals surface area contributed by atoms with Crippen LogP contribution in [-0.4, -0.2) is 34.3 Å². The van der Waals surface area contributed by atoms with E-state index in [1.54, 1.807) is 29.3 Å². The normalized spacial score (nSPS) is 16.5. The zero-order valence-electron chi connectivity index (χ0n) is 16.0. The Morgan fingerprint density at radius 3 is 2.89 bits per heavy atom. The second kappa shape index (κ2) is 9.06. The highest BCUT2D eigenvalue weighted by molar-refractivity contribution is 6.30. The van der Waals surface area contributed by atoms with E-state index < -0.39 is 0 Å². The van der Waals surface area contributed by atoms with Crippen LogP contribution in [0.5, 0.6) is 5.75 Å². The van der Waals surface area contributed by atoms with Crippen molar-refractivity contribution in [3.8, 4) is 5.75 Å². The molecule has 1 atom stereocenters. The topological polar surface area (TPSA) is 71.5 Å². The number of carbonyl (C=O) groups is 2. The Bertz CT molecular complexity index is 842. The molecular formula is C21H24ClN3O3. The van der Waals surface area contributed by atoms with E-state index in [9.17, 15) is 9.59 Å². The zero-order chi connectivity index (χ0) is 20.1. The maximum absolute atomic E-state index is 12.6. The van der Waals surface area contributed by atoms with Crippen LogP contribution >= 0.6 is 11.6 Å². The van der Waals surface area contributed by atoms with Crippen molar-refractivity contribution in [1.82, 2.24) is 15.2 Å². The summed E-state index contributed by atoms with van der Waals surface area (Å²) in [6.45, 7) is 5.00. The molecule has 28 heavy (non-hydrogen) atoms. The van der Waals surface area contributed by atoms with Gasteiger partial charge in [-0.1, -0.05) is 17.7 Å². The maximum Gasteiger partial charge on any atom is 0.225 e. The molecule has 1 aliphatic rings. The molecule has 2 heterocycles. The number of pyridine rings is 1. The van der Waals surface area contributed by atoms with E-state index >= 15 is 0 Å². The number of halogens is 1. The van der Waals surface area contributed by atoms with E-state index in [1.807, 2.05) is 32.0 Å². The van der Waals surface area contributed by atoms with Crippen molar-refractivity contribution in [2.45, 2.75) is 39.5 Å². The summed E-state index contributed by atoms with van der Waals surface area (Å²) in [7, 11) is 0. The summed E-state index contributed by atoms with van der Waals surface area (Å²) in [6, 6.07) is 10.9. The molecule has 2 aromatic rings. The number of benzene rings is 1. The summed E-state index contributed by atoms with van der Waals surface area (Å²) < 4.78 is 5.78. The van der Waals surface area contributed by atoms with Crippen LogP contribution < -0.4 is 10.1 Å². The van der Waals surface area contributed by atoms with Crippen LogP contribution in [-0.2, 0) is 22.7 Å². The van der Waals surface area contributed by atoms with Crippen molar-refractivity contribution in [2.24, 2.45) is 5.92 Å². The number of likely N-dealkylation sites (tertiary alicyclic amines) is 1. The summed E-state index contributed by atoms with van der Waals surface area (Å²) in [6.07, 6.45) is 1.93. The number of hydrogen-bond donors (Lipinski definition) is 1. The summed E-state index contributed by atoms with van der Waals surface area (Å²) in [4.78, 5) is 30.8. The highest BCUT2D eigenvalue weighted by Crippen LogP contribution is 2.25. The first-order chi connectivity index (χ1) is 13.4. The molecule has 0 bridgehead atoms. The van der Waals surface area contributed by atoms with Gasteiger partial charge in [0.1, 0.15) is 5.75 Å². The van der Waals surface area contributed by atoms with Gasteiger partial charge in [-0.15, -0.1) is 0 Å². The monoisotopic (exact) mass is 401 g/mol. The predicted molar refractivity (Wildman–Crippen MR) is 107 cm³/mol. The fourth-order valence-corrected chi connectivity index (χ4v) is 3.36. The van der Waals surface area contributed by atoms with Gasteiger partial charge >= 0.3 is 0 Å². The third kappa shape index (κ3) is 5.23. The van der Waals surface area contributed by atoms with Crippen molar-refractivity contribution >= 4 is 23.4 Å². The van der Waals surface area contributed by atoms with E-state index in [0.717, 1.165) is 11.3 Å². The Hall–Kier alpha value is -2.60. The van der Waals surface area contributed by atoms with Gasteiger partial charge in [0, 0.05) is 36.3 Å². The molecule has 7 heteroatoms. The van der Waals surface area contributed by atoms with E-state index in [0.29, 0.717) is 30.4 Å². The largest absolute Gasteiger partial charge is 0.491 e. The fourth-order valence-electron chi connectivity index (χ4n) is 3.17. The van der Waals surface area contributed by atoms with Gasteiger partial charge in [0.2, 0.25) is 11.8 Å². The van der Waals surface area contributed by atoms with Gasteiger partial charge in [-0.2, -0.15) is 0 Å². The molecule has 1 aromatic carbocycles. The van der Waals surface area contributed by atoms with E-state index in [2.05, 4.69) is 10.3 Å². The molecule has 1 N–H and O–H groups in total. The van der Waals surface area contributed by atoms with E-state index in [4.69, 9.17) is 16.3 Å². The second-order valence-corrected chi connectivity index (χ2v) is 7.57. The van der Waals surface area contributed by atoms with Crippen molar-refractivity contribution in [1.29, 1.82) is 0 Å². The lowest BCUT2D eigenvalue weighted by Gasteiger charge is -2.17. The molecule has 1 saturated heterocycles. The van der Waals surface area contributed by atoms with Crippen molar-refractivity contribution in [3.63, 3.8) is 0 Å². The lowest BCUT2D eigenvalue weighted by molar-refractivity contribution is -0.129. The van der Waals surface area contributed by atoms with Gasteiger partial charge in [0.25, 0.3) is 0 Å². The molecule has 0 radical (unpaired) electrons. The Kier molecular flexibility index (Phi) is 6.52. The van der Waals surface area contributed by atoms with Crippen LogP contribution in [0.4, 0.5) is 0 Å². The molecule has 6 nitrogen and oxygen atoms in total. The van der Waals surface area contributed by atoms with E-state index in [1.165, 1.54) is 0 Å². The molecular weight excluding hydrogens is 378 g/mol. The Morgan fingerprint density at radius 1 is 1.36 bits per heavy atom. The van der Waals surface area contributed by atoms with Crippen LogP contribution in [0.3, 0.4) is 0 Å². The van der Waals surface area contributed by atoms with Crippen molar-refractivity contribution in [2.75, 3.05) is 6.54 Å². The van der Waals surface area contributed by atoms with E-state index in [-0.39, 0.29) is 30.3 Å². The molecule has 1 aliphatic heterocycles. The van der Waals surface area contributed by atoms with Crippen LogP contribution in [0.25, 0.3) is 0 Å². The van der Waals surface area contributed by atoms with Crippen molar-refractivity contribution in [3.05, 3.63) is 58.9 Å². The predicted octanol–water partition coefficient (Wildman–Crippen LogP) is 3.19. The first-order valence-corrected chi connectivity index (χ1v) is 9.70. The highest BCUT2D eigenvalue weighted by atomic mass is 35.5. The lowest BCUT2D eigenvalue weighted by Crippen LogP contribution is -2.32. The number of carbonyl (C=O) groups excluding carboxylic acids is 2. The maximum atomic E-state index is 12.6. The number of aromatic nitrogens is 1. The van der Waals surface area contributed by atoms with Gasteiger partial charge in [0.05, 0.1) is 24.3 Å². The minimum atomic E-state index is -0.370. The third-order valence-electron chi connectivity index (χ3n) is 4.50. The third-order valence-corrected chi connectivity index (χ3v) is 4.74. The summed E-state index contributed by atoms with van der Waals surface area (Å²) in [5.41, 5.74) is 1.62. The average Bonchev–Trinajstić information content (AvgIpc) is 3.03. The van der Waals surface area contributed by atoms with Gasteiger partial charge in [0.15, 0.2) is 0 Å². The van der Waals surface area contributed by atoms with Crippen LogP contribution in [0, 0.1) is 5.92 Å². The number of ether oxygens (including phenoxy) is 1. The molecule has 1 fully saturated rings. The summed E-state index contributed by atoms with van der Waals surface area (Å²) >= 11 is 6.09. The average molecular weight is 402 g/mol.